The zero-order chi connectivity index (χ0) is 8.97. The van der Waals surface area contributed by atoms with Crippen LogP contribution in [0.4, 0.5) is 0 Å². The molecule has 0 unspecified atom stereocenters. The maximum Gasteiger partial charge on any atom is 0.0743 e. The molecule has 12 heavy (non-hydrogen) atoms. The predicted octanol–water partition coefficient (Wildman–Crippen LogP) is 1.71. The Morgan fingerprint density at radius 3 is 3.00 bits per heavy atom. The van der Waals surface area contributed by atoms with E-state index in [0.717, 1.165) is 12.2 Å². The highest BCUT2D eigenvalue weighted by atomic mass is 15.3. The average Bonchev–Trinajstić information content (AvgIpc) is 2.36. The van der Waals surface area contributed by atoms with Crippen molar-refractivity contribution in [3.63, 3.8) is 0 Å². The van der Waals surface area contributed by atoms with E-state index >= 15 is 0 Å². The van der Waals surface area contributed by atoms with Gasteiger partial charge in [-0.3, -0.25) is 4.68 Å². The van der Waals surface area contributed by atoms with Gasteiger partial charge in [0, 0.05) is 12.7 Å². The van der Waals surface area contributed by atoms with Gasteiger partial charge in [0.2, 0.25) is 0 Å². The minimum atomic E-state index is 0.628. The van der Waals surface area contributed by atoms with E-state index in [2.05, 4.69) is 24.9 Å². The van der Waals surface area contributed by atoms with Crippen molar-refractivity contribution in [2.45, 2.75) is 26.8 Å². The lowest BCUT2D eigenvalue weighted by atomic mass is 10.2. The summed E-state index contributed by atoms with van der Waals surface area (Å²) in [5, 5.41) is 4.31. The maximum atomic E-state index is 5.17. The lowest BCUT2D eigenvalue weighted by Gasteiger charge is -2.03. The molecule has 1 aromatic heterocycles. The van der Waals surface area contributed by atoms with Crippen molar-refractivity contribution in [3.05, 3.63) is 18.0 Å². The normalized spacial score (nSPS) is 10.2. The van der Waals surface area contributed by atoms with Gasteiger partial charge in [0.25, 0.3) is 0 Å². The Kier molecular flexibility index (Phi) is 2.93. The summed E-state index contributed by atoms with van der Waals surface area (Å²) < 4.78 is 1.94. The number of terminal acetylenes is 1. The first kappa shape index (κ1) is 8.86. The number of nitrogens with zero attached hydrogens (tertiary/aromatic N) is 2. The predicted molar refractivity (Wildman–Crippen MR) is 49.6 cm³/mol. The largest absolute Gasteiger partial charge is 0.272 e. The summed E-state index contributed by atoms with van der Waals surface area (Å²) in [5.41, 5.74) is 0.984. The second-order valence-electron chi connectivity index (χ2n) is 3.30. The average molecular weight is 162 g/mol. The number of rotatable bonds is 3. The number of hydrogen-bond acceptors (Lipinski definition) is 1. The maximum absolute atomic E-state index is 5.17. The molecule has 0 saturated heterocycles. The van der Waals surface area contributed by atoms with E-state index in [0.29, 0.717) is 12.3 Å². The quantitative estimate of drug-likeness (QED) is 0.619. The van der Waals surface area contributed by atoms with Crippen molar-refractivity contribution in [2.24, 2.45) is 5.92 Å². The number of hydrogen-bond donors (Lipinski definition) is 0. The molecule has 0 aliphatic carbocycles. The standard InChI is InChI=1S/C10H14N2/c1-4-5-10-6-7-12(11-10)8-9(2)3/h1,6-7,9H,5,8H2,2-3H3. The van der Waals surface area contributed by atoms with Crippen LogP contribution in [0.5, 0.6) is 0 Å². The zero-order valence-electron chi connectivity index (χ0n) is 7.62. The lowest BCUT2D eigenvalue weighted by Crippen LogP contribution is -2.05. The van der Waals surface area contributed by atoms with Crippen molar-refractivity contribution in [1.29, 1.82) is 0 Å². The highest BCUT2D eigenvalue weighted by Gasteiger charge is 1.98. The molecule has 64 valence electrons. The first-order chi connectivity index (χ1) is 5.72. The van der Waals surface area contributed by atoms with Crippen LogP contribution < -0.4 is 0 Å². The third-order valence-electron chi connectivity index (χ3n) is 1.53. The highest BCUT2D eigenvalue weighted by Crippen LogP contribution is 2.00. The van der Waals surface area contributed by atoms with Crippen molar-refractivity contribution in [3.8, 4) is 12.3 Å². The molecule has 0 aliphatic rings. The lowest BCUT2D eigenvalue weighted by molar-refractivity contribution is 0.480. The van der Waals surface area contributed by atoms with Crippen LogP contribution in [0, 0.1) is 18.3 Å². The van der Waals surface area contributed by atoms with Crippen molar-refractivity contribution in [1.82, 2.24) is 9.78 Å². The molecule has 1 aromatic rings. The SMILES string of the molecule is C#CCc1ccn(CC(C)C)n1. The van der Waals surface area contributed by atoms with Gasteiger partial charge in [0.15, 0.2) is 0 Å². The highest BCUT2D eigenvalue weighted by molar-refractivity contribution is 5.07. The molecule has 1 heterocycles. The van der Waals surface area contributed by atoms with Gasteiger partial charge >= 0.3 is 0 Å². The van der Waals surface area contributed by atoms with E-state index in [1.807, 2.05) is 16.9 Å². The molecule has 0 aromatic carbocycles. The number of aromatic nitrogens is 2. The molecule has 0 fully saturated rings. The Bertz CT molecular complexity index is 278. The Balaban J connectivity index is 2.59. The van der Waals surface area contributed by atoms with E-state index < -0.39 is 0 Å². The third-order valence-corrected chi connectivity index (χ3v) is 1.53. The fraction of sp³-hybridized carbons (Fsp3) is 0.500. The Morgan fingerprint density at radius 1 is 1.67 bits per heavy atom. The molecular formula is C10H14N2. The van der Waals surface area contributed by atoms with Gasteiger partial charge in [0.1, 0.15) is 0 Å². The smallest absolute Gasteiger partial charge is 0.0743 e. The van der Waals surface area contributed by atoms with Crippen LogP contribution in [0.1, 0.15) is 19.5 Å². The van der Waals surface area contributed by atoms with Crippen LogP contribution in [0.2, 0.25) is 0 Å². The fourth-order valence-corrected chi connectivity index (χ4v) is 1.08. The van der Waals surface area contributed by atoms with Crippen LogP contribution in [0.15, 0.2) is 12.3 Å². The molecule has 0 N–H and O–H groups in total. The van der Waals surface area contributed by atoms with Gasteiger partial charge < -0.3 is 0 Å². The Morgan fingerprint density at radius 2 is 2.42 bits per heavy atom. The van der Waals surface area contributed by atoms with Crippen LogP contribution in [0.25, 0.3) is 0 Å². The Hall–Kier alpha value is -1.23. The van der Waals surface area contributed by atoms with Gasteiger partial charge in [-0.25, -0.2) is 0 Å². The fourth-order valence-electron chi connectivity index (χ4n) is 1.08. The summed E-state index contributed by atoms with van der Waals surface area (Å²) in [6, 6.07) is 1.97. The summed E-state index contributed by atoms with van der Waals surface area (Å²) >= 11 is 0. The molecule has 2 nitrogen and oxygen atoms in total. The molecule has 0 amide bonds. The second kappa shape index (κ2) is 3.96. The van der Waals surface area contributed by atoms with Crippen molar-refractivity contribution >= 4 is 0 Å². The summed E-state index contributed by atoms with van der Waals surface area (Å²) in [7, 11) is 0. The van der Waals surface area contributed by atoms with Gasteiger partial charge in [0.05, 0.1) is 12.1 Å². The molecule has 0 spiro atoms. The molecule has 0 saturated carbocycles. The van der Waals surface area contributed by atoms with E-state index in [4.69, 9.17) is 6.42 Å². The summed E-state index contributed by atoms with van der Waals surface area (Å²) in [5.74, 6) is 3.20. The molecule has 0 radical (unpaired) electrons. The molecule has 1 rings (SSSR count). The van der Waals surface area contributed by atoms with Gasteiger partial charge in [-0.1, -0.05) is 13.8 Å². The monoisotopic (exact) mass is 162 g/mol. The van der Waals surface area contributed by atoms with Crippen LogP contribution in [-0.2, 0) is 13.0 Å². The van der Waals surface area contributed by atoms with Gasteiger partial charge in [-0.2, -0.15) is 5.10 Å². The molecule has 0 bridgehead atoms. The molecular weight excluding hydrogens is 148 g/mol. The first-order valence-corrected chi connectivity index (χ1v) is 4.18. The van der Waals surface area contributed by atoms with Crippen LogP contribution >= 0.6 is 0 Å². The minimum absolute atomic E-state index is 0.628. The summed E-state index contributed by atoms with van der Waals surface area (Å²) in [6.45, 7) is 5.30. The van der Waals surface area contributed by atoms with Crippen LogP contribution in [-0.4, -0.2) is 9.78 Å². The first-order valence-electron chi connectivity index (χ1n) is 4.18. The Labute approximate surface area is 73.6 Å². The van der Waals surface area contributed by atoms with Crippen molar-refractivity contribution in [2.75, 3.05) is 0 Å². The summed E-state index contributed by atoms with van der Waals surface area (Å²) in [4.78, 5) is 0. The van der Waals surface area contributed by atoms with Crippen LogP contribution in [0.3, 0.4) is 0 Å². The molecule has 2 heteroatoms. The topological polar surface area (TPSA) is 17.8 Å². The third kappa shape index (κ3) is 2.43. The van der Waals surface area contributed by atoms with E-state index in [1.54, 1.807) is 0 Å². The van der Waals surface area contributed by atoms with E-state index in [1.165, 1.54) is 0 Å². The van der Waals surface area contributed by atoms with Gasteiger partial charge in [-0.05, 0) is 12.0 Å². The zero-order valence-corrected chi connectivity index (χ0v) is 7.62. The van der Waals surface area contributed by atoms with E-state index in [-0.39, 0.29) is 0 Å². The minimum Gasteiger partial charge on any atom is -0.272 e. The molecule has 0 aliphatic heterocycles. The van der Waals surface area contributed by atoms with Gasteiger partial charge in [-0.15, -0.1) is 12.3 Å². The summed E-state index contributed by atoms with van der Waals surface area (Å²) in [6.07, 6.45) is 7.78. The molecule has 0 atom stereocenters. The van der Waals surface area contributed by atoms with E-state index in [9.17, 15) is 0 Å². The van der Waals surface area contributed by atoms with Crippen molar-refractivity contribution < 1.29 is 0 Å². The second-order valence-corrected chi connectivity index (χ2v) is 3.30.